The molecule has 13 nitrogen and oxygen atoms in total. The Balaban J connectivity index is 2.31. The highest BCUT2D eigenvalue weighted by Gasteiger charge is 2.32. The minimum absolute atomic E-state index is 0.0161. The molecule has 10 N–H and O–H groups in total. The molecule has 0 saturated carbocycles. The van der Waals surface area contributed by atoms with Crippen LogP contribution in [0.5, 0.6) is 0 Å². The van der Waals surface area contributed by atoms with Crippen LogP contribution in [0.25, 0.3) is 10.9 Å². The molecule has 1 aromatic carbocycles. The van der Waals surface area contributed by atoms with Crippen LogP contribution in [0.2, 0.25) is 0 Å². The number of nitrogens with one attached hydrogen (secondary N) is 4. The first kappa shape index (κ1) is 31.2. The number of H-pyrrole nitrogens is 1. The molecule has 0 radical (unpaired) electrons. The standard InChI is InChI=1S/C26H38N6O7/c1-14(2)22(26(38)39)32-24(36)19(9-5-6-10-27)30-25(37)20(31-23(35)17(28)12-21(33)34)11-15-13-29-18-8-4-3-7-16(15)18/h3-4,7-8,13-14,17,19-20,22,29H,5-6,9-12,27-28H2,1-2H3,(H,30,37)(H,31,35)(H,32,36)(H,33,34)(H,38,39). The first-order valence-corrected chi connectivity index (χ1v) is 12.8. The maximum Gasteiger partial charge on any atom is 0.326 e. The van der Waals surface area contributed by atoms with E-state index in [0.29, 0.717) is 24.9 Å². The van der Waals surface area contributed by atoms with Gasteiger partial charge in [-0.2, -0.15) is 0 Å². The van der Waals surface area contributed by atoms with E-state index in [4.69, 9.17) is 16.6 Å². The second-order valence-electron chi connectivity index (χ2n) is 9.74. The Bertz CT molecular complexity index is 1160. The fourth-order valence-electron chi connectivity index (χ4n) is 4.09. The molecule has 0 bridgehead atoms. The van der Waals surface area contributed by atoms with E-state index in [1.807, 2.05) is 24.3 Å². The van der Waals surface area contributed by atoms with Crippen molar-refractivity contribution in [2.24, 2.45) is 17.4 Å². The molecule has 0 saturated heterocycles. The van der Waals surface area contributed by atoms with Gasteiger partial charge in [0.2, 0.25) is 17.7 Å². The molecule has 39 heavy (non-hydrogen) atoms. The molecule has 0 aliphatic heterocycles. The normalized spacial score (nSPS) is 14.3. The van der Waals surface area contributed by atoms with Crippen LogP contribution in [0, 0.1) is 5.92 Å². The first-order valence-electron chi connectivity index (χ1n) is 12.8. The van der Waals surface area contributed by atoms with Crippen LogP contribution in [-0.2, 0) is 30.4 Å². The van der Waals surface area contributed by atoms with Gasteiger partial charge in [0.25, 0.3) is 0 Å². The minimum atomic E-state index is -1.40. The van der Waals surface area contributed by atoms with E-state index in [9.17, 15) is 29.1 Å². The number of rotatable bonds is 16. The van der Waals surface area contributed by atoms with Gasteiger partial charge in [-0.25, -0.2) is 4.79 Å². The third-order valence-electron chi connectivity index (χ3n) is 6.27. The molecule has 0 spiro atoms. The molecular formula is C26H38N6O7. The van der Waals surface area contributed by atoms with E-state index in [1.54, 1.807) is 20.0 Å². The fraction of sp³-hybridized carbons (Fsp3) is 0.500. The van der Waals surface area contributed by atoms with Crippen LogP contribution < -0.4 is 27.4 Å². The van der Waals surface area contributed by atoms with Gasteiger partial charge in [-0.1, -0.05) is 32.0 Å². The monoisotopic (exact) mass is 546 g/mol. The van der Waals surface area contributed by atoms with Crippen molar-refractivity contribution >= 4 is 40.6 Å². The van der Waals surface area contributed by atoms with Gasteiger partial charge in [0.1, 0.15) is 18.1 Å². The molecule has 4 unspecified atom stereocenters. The van der Waals surface area contributed by atoms with E-state index in [0.717, 1.165) is 10.9 Å². The number of hydrogen-bond acceptors (Lipinski definition) is 7. The number of aromatic amines is 1. The van der Waals surface area contributed by atoms with Crippen molar-refractivity contribution in [3.05, 3.63) is 36.0 Å². The van der Waals surface area contributed by atoms with Crippen LogP contribution in [-0.4, -0.2) is 75.6 Å². The number of carboxylic acid groups (broad SMARTS) is 2. The van der Waals surface area contributed by atoms with Crippen molar-refractivity contribution in [2.45, 2.75) is 70.1 Å². The maximum atomic E-state index is 13.5. The molecule has 2 rings (SSSR count). The third-order valence-corrected chi connectivity index (χ3v) is 6.27. The lowest BCUT2D eigenvalue weighted by molar-refractivity contribution is -0.143. The van der Waals surface area contributed by atoms with Gasteiger partial charge in [-0.15, -0.1) is 0 Å². The SMILES string of the molecule is CC(C)C(NC(=O)C(CCCCN)NC(=O)C(Cc1c[nH]c2ccccc12)NC(=O)C(N)CC(=O)O)C(=O)O. The van der Waals surface area contributed by atoms with E-state index in [1.165, 1.54) is 0 Å². The summed E-state index contributed by atoms with van der Waals surface area (Å²) >= 11 is 0. The smallest absolute Gasteiger partial charge is 0.326 e. The van der Waals surface area contributed by atoms with Crippen molar-refractivity contribution in [2.75, 3.05) is 6.54 Å². The summed E-state index contributed by atoms with van der Waals surface area (Å²) in [7, 11) is 0. The van der Waals surface area contributed by atoms with Crippen molar-refractivity contribution < 1.29 is 34.2 Å². The van der Waals surface area contributed by atoms with Crippen molar-refractivity contribution in [1.29, 1.82) is 0 Å². The lowest BCUT2D eigenvalue weighted by Gasteiger charge is -2.26. The molecule has 0 aliphatic rings. The lowest BCUT2D eigenvalue weighted by atomic mass is 10.0. The van der Waals surface area contributed by atoms with Gasteiger partial charge in [0, 0.05) is 23.5 Å². The number of carboxylic acids is 2. The highest BCUT2D eigenvalue weighted by atomic mass is 16.4. The Labute approximate surface area is 226 Å². The van der Waals surface area contributed by atoms with Crippen LogP contribution in [0.3, 0.4) is 0 Å². The molecule has 0 fully saturated rings. The molecule has 13 heteroatoms. The van der Waals surface area contributed by atoms with Gasteiger partial charge in [-0.05, 0) is 43.4 Å². The van der Waals surface area contributed by atoms with Crippen LogP contribution in [0.1, 0.15) is 45.1 Å². The molecule has 2 aromatic rings. The Morgan fingerprint density at radius 3 is 2.18 bits per heavy atom. The quantitative estimate of drug-likeness (QED) is 0.131. The molecule has 4 atom stereocenters. The van der Waals surface area contributed by atoms with Gasteiger partial charge in [-0.3, -0.25) is 19.2 Å². The number of aliphatic carboxylic acids is 2. The van der Waals surface area contributed by atoms with Gasteiger partial charge < -0.3 is 42.6 Å². The Morgan fingerprint density at radius 1 is 0.923 bits per heavy atom. The zero-order chi connectivity index (χ0) is 29.1. The molecular weight excluding hydrogens is 508 g/mol. The number of para-hydroxylation sites is 1. The summed E-state index contributed by atoms with van der Waals surface area (Å²) in [5, 5.41) is 26.9. The van der Waals surface area contributed by atoms with E-state index >= 15 is 0 Å². The fourth-order valence-corrected chi connectivity index (χ4v) is 4.09. The molecule has 3 amide bonds. The third kappa shape index (κ3) is 9.37. The summed E-state index contributed by atoms with van der Waals surface area (Å²) in [6.07, 6.45) is 2.32. The Morgan fingerprint density at radius 2 is 1.56 bits per heavy atom. The highest BCUT2D eigenvalue weighted by Crippen LogP contribution is 2.19. The number of hydrogen-bond donors (Lipinski definition) is 8. The molecule has 214 valence electrons. The zero-order valence-corrected chi connectivity index (χ0v) is 22.1. The van der Waals surface area contributed by atoms with E-state index < -0.39 is 66.2 Å². The largest absolute Gasteiger partial charge is 0.481 e. The average Bonchev–Trinajstić information content (AvgIpc) is 3.28. The van der Waals surface area contributed by atoms with Gasteiger partial charge >= 0.3 is 11.9 Å². The summed E-state index contributed by atoms with van der Waals surface area (Å²) in [5.74, 6) is -5.11. The summed E-state index contributed by atoms with van der Waals surface area (Å²) in [4.78, 5) is 64.9. The lowest BCUT2D eigenvalue weighted by Crippen LogP contribution is -2.58. The topological polar surface area (TPSA) is 230 Å². The van der Waals surface area contributed by atoms with Gasteiger partial charge in [0.05, 0.1) is 12.5 Å². The Kier molecular flexibility index (Phi) is 11.9. The Hall–Kier alpha value is -3.97. The predicted molar refractivity (Wildman–Crippen MR) is 143 cm³/mol. The highest BCUT2D eigenvalue weighted by molar-refractivity contribution is 5.95. The summed E-state index contributed by atoms with van der Waals surface area (Å²) in [6.45, 7) is 3.66. The van der Waals surface area contributed by atoms with Crippen molar-refractivity contribution in [3.8, 4) is 0 Å². The van der Waals surface area contributed by atoms with Gasteiger partial charge in [0.15, 0.2) is 0 Å². The van der Waals surface area contributed by atoms with Crippen molar-refractivity contribution in [1.82, 2.24) is 20.9 Å². The maximum absolute atomic E-state index is 13.5. The second-order valence-corrected chi connectivity index (χ2v) is 9.74. The summed E-state index contributed by atoms with van der Waals surface area (Å²) in [6, 6.07) is 2.48. The number of fused-ring (bicyclic) bond motifs is 1. The van der Waals surface area contributed by atoms with E-state index in [2.05, 4.69) is 20.9 Å². The number of carbonyl (C=O) groups is 5. The number of unbranched alkanes of at least 4 members (excludes halogenated alkanes) is 1. The van der Waals surface area contributed by atoms with E-state index in [-0.39, 0.29) is 12.8 Å². The molecule has 1 heterocycles. The number of nitrogens with two attached hydrogens (primary N) is 2. The number of carbonyl (C=O) groups excluding carboxylic acids is 3. The predicted octanol–water partition coefficient (Wildman–Crippen LogP) is -0.164. The van der Waals surface area contributed by atoms with Crippen LogP contribution in [0.15, 0.2) is 30.5 Å². The summed E-state index contributed by atoms with van der Waals surface area (Å²) in [5.41, 5.74) is 12.8. The molecule has 0 aliphatic carbocycles. The number of aromatic nitrogens is 1. The summed E-state index contributed by atoms with van der Waals surface area (Å²) < 4.78 is 0. The van der Waals surface area contributed by atoms with Crippen molar-refractivity contribution in [3.63, 3.8) is 0 Å². The first-order chi connectivity index (χ1) is 18.4. The second kappa shape index (κ2) is 14.8. The number of amides is 3. The van der Waals surface area contributed by atoms with Crippen LogP contribution >= 0.6 is 0 Å². The minimum Gasteiger partial charge on any atom is -0.481 e. The number of benzene rings is 1. The average molecular weight is 547 g/mol. The molecule has 1 aromatic heterocycles. The zero-order valence-electron chi connectivity index (χ0n) is 22.1. The van der Waals surface area contributed by atoms with Crippen LogP contribution in [0.4, 0.5) is 0 Å².